The highest BCUT2D eigenvalue weighted by atomic mass is 32.1. The molecule has 0 radical (unpaired) electrons. The van der Waals surface area contributed by atoms with E-state index in [1.807, 2.05) is 12.1 Å². The van der Waals surface area contributed by atoms with Crippen LogP contribution in [-0.2, 0) is 0 Å². The van der Waals surface area contributed by atoms with Crippen molar-refractivity contribution in [2.75, 3.05) is 19.5 Å². The van der Waals surface area contributed by atoms with Crippen LogP contribution in [0.4, 0.5) is 10.1 Å². The van der Waals surface area contributed by atoms with Crippen molar-refractivity contribution in [3.63, 3.8) is 0 Å². The normalized spacial score (nSPS) is 10.8. The number of anilines is 1. The average Bonchev–Trinajstić information content (AvgIpc) is 3.39. The fourth-order valence-electron chi connectivity index (χ4n) is 3.30. The van der Waals surface area contributed by atoms with Gasteiger partial charge in [0.25, 0.3) is 5.91 Å². The molecule has 0 fully saturated rings. The summed E-state index contributed by atoms with van der Waals surface area (Å²) in [6, 6.07) is 10.0. The van der Waals surface area contributed by atoms with Crippen LogP contribution in [0.5, 0.6) is 11.5 Å². The van der Waals surface area contributed by atoms with Crippen molar-refractivity contribution in [3.8, 4) is 27.8 Å². The van der Waals surface area contributed by atoms with Gasteiger partial charge in [-0.3, -0.25) is 4.79 Å². The SMILES string of the molecule is COc1ccc(-c2nc(C)c(C(=O)Nc3ccc(-n4ccnc4C)c(F)c3)s2)cc1OC. The lowest BCUT2D eigenvalue weighted by Crippen LogP contribution is -2.12. The smallest absolute Gasteiger partial charge is 0.267 e. The topological polar surface area (TPSA) is 78.3 Å². The molecule has 0 saturated carbocycles. The van der Waals surface area contributed by atoms with E-state index in [4.69, 9.17) is 9.47 Å². The van der Waals surface area contributed by atoms with Gasteiger partial charge in [0, 0.05) is 23.6 Å². The van der Waals surface area contributed by atoms with Gasteiger partial charge in [0.1, 0.15) is 21.5 Å². The highest BCUT2D eigenvalue weighted by Gasteiger charge is 2.18. The molecule has 0 saturated heterocycles. The van der Waals surface area contributed by atoms with Crippen molar-refractivity contribution in [2.45, 2.75) is 13.8 Å². The minimum Gasteiger partial charge on any atom is -0.493 e. The third-order valence-corrected chi connectivity index (χ3v) is 6.13. The fourth-order valence-corrected chi connectivity index (χ4v) is 4.26. The van der Waals surface area contributed by atoms with E-state index in [1.54, 1.807) is 63.2 Å². The molecular weight excluding hydrogens is 431 g/mol. The number of benzene rings is 2. The summed E-state index contributed by atoms with van der Waals surface area (Å²) >= 11 is 1.25. The second-order valence-corrected chi connectivity index (χ2v) is 7.97. The maximum atomic E-state index is 14.7. The van der Waals surface area contributed by atoms with Gasteiger partial charge < -0.3 is 19.4 Å². The Balaban J connectivity index is 1.57. The van der Waals surface area contributed by atoms with Crippen LogP contribution in [0.25, 0.3) is 16.3 Å². The summed E-state index contributed by atoms with van der Waals surface area (Å²) in [7, 11) is 3.13. The quantitative estimate of drug-likeness (QED) is 0.444. The number of amides is 1. The molecule has 1 N–H and O–H groups in total. The molecule has 4 rings (SSSR count). The summed E-state index contributed by atoms with van der Waals surface area (Å²) in [5.74, 6) is 1.05. The second kappa shape index (κ2) is 8.80. The molecule has 164 valence electrons. The van der Waals surface area contributed by atoms with Gasteiger partial charge in [0.05, 0.1) is 25.6 Å². The number of aryl methyl sites for hydroxylation is 2. The van der Waals surface area contributed by atoms with Gasteiger partial charge in [0.15, 0.2) is 11.5 Å². The minimum atomic E-state index is -0.462. The highest BCUT2D eigenvalue weighted by Crippen LogP contribution is 2.35. The lowest BCUT2D eigenvalue weighted by atomic mass is 10.2. The third-order valence-electron chi connectivity index (χ3n) is 4.92. The number of imidazole rings is 1. The summed E-state index contributed by atoms with van der Waals surface area (Å²) in [6.45, 7) is 3.55. The highest BCUT2D eigenvalue weighted by molar-refractivity contribution is 7.17. The number of rotatable bonds is 6. The van der Waals surface area contributed by atoms with Crippen molar-refractivity contribution in [2.24, 2.45) is 0 Å². The number of aromatic nitrogens is 3. The summed E-state index contributed by atoms with van der Waals surface area (Å²) in [6.07, 6.45) is 3.29. The summed E-state index contributed by atoms with van der Waals surface area (Å²) < 4.78 is 26.9. The zero-order chi connectivity index (χ0) is 22.8. The van der Waals surface area contributed by atoms with Crippen LogP contribution in [0.2, 0.25) is 0 Å². The van der Waals surface area contributed by atoms with Gasteiger partial charge >= 0.3 is 0 Å². The standard InChI is InChI=1S/C23H21FN4O3S/c1-13-21(32-23(26-13)15-5-8-19(30-3)20(11-15)31-4)22(29)27-16-6-7-18(17(24)12-16)28-10-9-25-14(28)2/h5-12H,1-4H3,(H,27,29). The molecule has 9 heteroatoms. The number of hydrogen-bond donors (Lipinski definition) is 1. The molecule has 0 aliphatic rings. The minimum absolute atomic E-state index is 0.349. The van der Waals surface area contributed by atoms with E-state index in [0.717, 1.165) is 5.56 Å². The van der Waals surface area contributed by atoms with Crippen LogP contribution in [0.1, 0.15) is 21.2 Å². The van der Waals surface area contributed by atoms with Gasteiger partial charge in [-0.15, -0.1) is 11.3 Å². The molecule has 1 amide bonds. The molecule has 4 aromatic rings. The number of halogens is 1. The molecule has 0 atom stereocenters. The summed E-state index contributed by atoms with van der Waals surface area (Å²) in [5.41, 5.74) is 2.11. The van der Waals surface area contributed by atoms with Gasteiger partial charge in [0.2, 0.25) is 0 Å². The van der Waals surface area contributed by atoms with Crippen molar-refractivity contribution < 1.29 is 18.7 Å². The van der Waals surface area contributed by atoms with Crippen molar-refractivity contribution >= 4 is 22.9 Å². The van der Waals surface area contributed by atoms with Crippen LogP contribution in [0.15, 0.2) is 48.8 Å². The van der Waals surface area contributed by atoms with Crippen molar-refractivity contribution in [1.82, 2.24) is 14.5 Å². The fraction of sp³-hybridized carbons (Fsp3) is 0.174. The molecule has 7 nitrogen and oxygen atoms in total. The molecular formula is C23H21FN4O3S. The van der Waals surface area contributed by atoms with Gasteiger partial charge in [-0.1, -0.05) is 0 Å². The lowest BCUT2D eigenvalue weighted by Gasteiger charge is -2.09. The number of carbonyl (C=O) groups excluding carboxylic acids is 1. The largest absolute Gasteiger partial charge is 0.493 e. The van der Waals surface area contributed by atoms with Crippen LogP contribution in [0, 0.1) is 19.7 Å². The van der Waals surface area contributed by atoms with E-state index >= 15 is 0 Å². The maximum Gasteiger partial charge on any atom is 0.267 e. The molecule has 0 aliphatic carbocycles. The Labute approximate surface area is 188 Å². The average molecular weight is 453 g/mol. The molecule has 0 unspecified atom stereocenters. The van der Waals surface area contributed by atoms with Crippen LogP contribution in [-0.4, -0.2) is 34.7 Å². The lowest BCUT2D eigenvalue weighted by molar-refractivity contribution is 0.103. The Hall–Kier alpha value is -3.72. The third kappa shape index (κ3) is 4.06. The van der Waals surface area contributed by atoms with Gasteiger partial charge in [-0.25, -0.2) is 14.4 Å². The van der Waals surface area contributed by atoms with E-state index in [2.05, 4.69) is 15.3 Å². The first-order valence-corrected chi connectivity index (χ1v) is 10.5. The van der Waals surface area contributed by atoms with Crippen LogP contribution < -0.4 is 14.8 Å². The number of methoxy groups -OCH3 is 2. The Kier molecular flexibility index (Phi) is 5.91. The molecule has 2 aromatic heterocycles. The maximum absolute atomic E-state index is 14.7. The molecule has 2 heterocycles. The first-order valence-electron chi connectivity index (χ1n) is 9.72. The van der Waals surface area contributed by atoms with Gasteiger partial charge in [-0.05, 0) is 50.2 Å². The Morgan fingerprint density at radius 1 is 1.09 bits per heavy atom. The van der Waals surface area contributed by atoms with Crippen LogP contribution >= 0.6 is 11.3 Å². The summed E-state index contributed by atoms with van der Waals surface area (Å²) in [4.78, 5) is 21.9. The zero-order valence-electron chi connectivity index (χ0n) is 18.0. The summed E-state index contributed by atoms with van der Waals surface area (Å²) in [5, 5.41) is 3.43. The second-order valence-electron chi connectivity index (χ2n) is 6.97. The van der Waals surface area contributed by atoms with Crippen LogP contribution in [0.3, 0.4) is 0 Å². The van der Waals surface area contributed by atoms with E-state index in [-0.39, 0.29) is 5.91 Å². The molecule has 0 aliphatic heterocycles. The van der Waals surface area contributed by atoms with E-state index in [9.17, 15) is 9.18 Å². The number of nitrogens with one attached hydrogen (secondary N) is 1. The zero-order valence-corrected chi connectivity index (χ0v) is 18.8. The Bertz CT molecular complexity index is 1300. The predicted molar refractivity (Wildman–Crippen MR) is 122 cm³/mol. The Morgan fingerprint density at radius 3 is 2.53 bits per heavy atom. The number of nitrogens with zero attached hydrogens (tertiary/aromatic N) is 3. The van der Waals surface area contributed by atoms with E-state index in [0.29, 0.717) is 44.3 Å². The number of hydrogen-bond acceptors (Lipinski definition) is 6. The molecule has 2 aromatic carbocycles. The molecule has 0 bridgehead atoms. The van der Waals surface area contributed by atoms with Crippen molar-refractivity contribution in [3.05, 3.63) is 71.0 Å². The number of carbonyl (C=O) groups is 1. The first-order chi connectivity index (χ1) is 15.4. The first kappa shape index (κ1) is 21.5. The number of ether oxygens (including phenoxy) is 2. The number of thiazole rings is 1. The predicted octanol–water partition coefficient (Wildman–Crippen LogP) is 5.02. The monoisotopic (exact) mass is 452 g/mol. The molecule has 0 spiro atoms. The van der Waals surface area contributed by atoms with E-state index in [1.165, 1.54) is 17.4 Å². The van der Waals surface area contributed by atoms with Gasteiger partial charge in [-0.2, -0.15) is 0 Å². The Morgan fingerprint density at radius 2 is 1.88 bits per heavy atom. The van der Waals surface area contributed by atoms with E-state index < -0.39 is 5.82 Å². The van der Waals surface area contributed by atoms with Crippen molar-refractivity contribution in [1.29, 1.82) is 0 Å². The molecule has 32 heavy (non-hydrogen) atoms.